The Labute approximate surface area is 121 Å². The molecule has 0 amide bonds. The average Bonchev–Trinajstić information content (AvgIpc) is 2.32. The van der Waals surface area contributed by atoms with Crippen molar-refractivity contribution >= 4 is 45.6 Å². The normalized spacial score (nSPS) is 10.0. The topological polar surface area (TPSA) is 33.3 Å². The lowest BCUT2D eigenvalue weighted by Gasteiger charge is -2.10. The average molecular weight is 364 g/mol. The van der Waals surface area contributed by atoms with Crippen molar-refractivity contribution < 1.29 is 4.74 Å². The highest BCUT2D eigenvalue weighted by Gasteiger charge is 1.96. The first kappa shape index (κ1) is 14.7. The first-order valence-corrected chi connectivity index (χ1v) is 7.09. The molecule has 17 heavy (non-hydrogen) atoms. The number of hydrogen-bond acceptors (Lipinski definition) is 2. The summed E-state index contributed by atoms with van der Waals surface area (Å²) in [7, 11) is 0. The molecule has 0 aromatic heterocycles. The van der Waals surface area contributed by atoms with Crippen LogP contribution in [0.1, 0.15) is 13.3 Å². The van der Waals surface area contributed by atoms with Crippen LogP contribution in [0.3, 0.4) is 0 Å². The fourth-order valence-electron chi connectivity index (χ4n) is 1.23. The third-order valence-electron chi connectivity index (χ3n) is 2.06. The minimum absolute atomic E-state index is 0.655. The van der Waals surface area contributed by atoms with Crippen LogP contribution in [-0.4, -0.2) is 24.9 Å². The van der Waals surface area contributed by atoms with Crippen molar-refractivity contribution in [1.29, 1.82) is 0 Å². The van der Waals surface area contributed by atoms with Gasteiger partial charge in [0.05, 0.1) is 0 Å². The molecule has 1 aromatic carbocycles. The zero-order valence-electron chi connectivity index (χ0n) is 9.83. The molecule has 0 unspecified atom stereocenters. The zero-order valence-corrected chi connectivity index (χ0v) is 12.8. The summed E-state index contributed by atoms with van der Waals surface area (Å²) in [6.45, 7) is 4.37. The summed E-state index contributed by atoms with van der Waals surface area (Å²) in [4.78, 5) is 0. The van der Waals surface area contributed by atoms with Crippen LogP contribution < -0.4 is 10.6 Å². The molecule has 94 valence electrons. The molecule has 0 aliphatic heterocycles. The predicted molar refractivity (Wildman–Crippen MR) is 84.5 cm³/mol. The number of nitrogens with one attached hydrogen (secondary N) is 2. The fraction of sp³-hybridized carbons (Fsp3) is 0.417. The smallest absolute Gasteiger partial charge is 0.170 e. The van der Waals surface area contributed by atoms with E-state index in [-0.39, 0.29) is 0 Å². The minimum Gasteiger partial charge on any atom is -0.382 e. The van der Waals surface area contributed by atoms with Gasteiger partial charge in [-0.25, -0.2) is 0 Å². The standard InChI is InChI=1S/C12H17IN2OS/c1-2-16-9-3-8-14-12(17)15-11-6-4-10(13)5-7-11/h4-7H,2-3,8-9H2,1H3,(H2,14,15,17). The first-order valence-electron chi connectivity index (χ1n) is 5.60. The number of hydrogen-bond donors (Lipinski definition) is 2. The maximum atomic E-state index is 5.24. The van der Waals surface area contributed by atoms with E-state index in [1.165, 1.54) is 3.57 Å². The van der Waals surface area contributed by atoms with Gasteiger partial charge in [-0.2, -0.15) is 0 Å². The number of ether oxygens (including phenoxy) is 1. The van der Waals surface area contributed by atoms with Crippen LogP contribution in [0, 0.1) is 3.57 Å². The lowest BCUT2D eigenvalue weighted by atomic mass is 10.3. The third-order valence-corrected chi connectivity index (χ3v) is 3.02. The van der Waals surface area contributed by atoms with E-state index in [1.54, 1.807) is 0 Å². The summed E-state index contributed by atoms with van der Waals surface area (Å²) in [5.41, 5.74) is 1.01. The maximum absolute atomic E-state index is 5.24. The third kappa shape index (κ3) is 6.80. The van der Waals surface area contributed by atoms with Crippen molar-refractivity contribution in [3.05, 3.63) is 27.8 Å². The molecule has 0 aliphatic carbocycles. The van der Waals surface area contributed by atoms with Crippen LogP contribution in [0.25, 0.3) is 0 Å². The molecule has 0 spiro atoms. The second-order valence-electron chi connectivity index (χ2n) is 3.44. The van der Waals surface area contributed by atoms with Gasteiger partial charge in [-0.1, -0.05) is 0 Å². The summed E-state index contributed by atoms with van der Waals surface area (Å²) in [5.74, 6) is 0. The van der Waals surface area contributed by atoms with E-state index in [9.17, 15) is 0 Å². The Kier molecular flexibility index (Phi) is 7.46. The Hall–Kier alpha value is -0.400. The summed E-state index contributed by atoms with van der Waals surface area (Å²) in [5, 5.41) is 6.93. The van der Waals surface area contributed by atoms with E-state index < -0.39 is 0 Å². The lowest BCUT2D eigenvalue weighted by Crippen LogP contribution is -2.29. The summed E-state index contributed by atoms with van der Waals surface area (Å²) in [6.07, 6.45) is 0.961. The Morgan fingerprint density at radius 3 is 2.71 bits per heavy atom. The molecule has 0 atom stereocenters. The molecule has 1 aromatic rings. The van der Waals surface area contributed by atoms with Crippen molar-refractivity contribution in [2.24, 2.45) is 0 Å². The van der Waals surface area contributed by atoms with E-state index in [4.69, 9.17) is 17.0 Å². The molecular weight excluding hydrogens is 347 g/mol. The second-order valence-corrected chi connectivity index (χ2v) is 5.09. The first-order chi connectivity index (χ1) is 8.22. The molecule has 0 radical (unpaired) electrons. The van der Waals surface area contributed by atoms with Crippen molar-refractivity contribution in [3.8, 4) is 0 Å². The largest absolute Gasteiger partial charge is 0.382 e. The lowest BCUT2D eigenvalue weighted by molar-refractivity contribution is 0.146. The van der Waals surface area contributed by atoms with E-state index in [0.717, 1.165) is 31.9 Å². The van der Waals surface area contributed by atoms with Crippen LogP contribution in [0.2, 0.25) is 0 Å². The Bertz CT molecular complexity index is 343. The molecule has 0 aliphatic rings. The molecule has 3 nitrogen and oxygen atoms in total. The summed E-state index contributed by atoms with van der Waals surface area (Å²) < 4.78 is 6.45. The summed E-state index contributed by atoms with van der Waals surface area (Å²) in [6, 6.07) is 8.10. The van der Waals surface area contributed by atoms with Gasteiger partial charge in [0, 0.05) is 29.0 Å². The highest BCUT2D eigenvalue weighted by Crippen LogP contribution is 2.10. The van der Waals surface area contributed by atoms with Crippen molar-refractivity contribution in [2.75, 3.05) is 25.1 Å². The van der Waals surface area contributed by atoms with Gasteiger partial charge in [0.15, 0.2) is 5.11 Å². The van der Waals surface area contributed by atoms with Gasteiger partial charge in [-0.3, -0.25) is 0 Å². The molecular formula is C12H17IN2OS. The van der Waals surface area contributed by atoms with E-state index in [1.807, 2.05) is 31.2 Å². The SMILES string of the molecule is CCOCCCNC(=S)Nc1ccc(I)cc1. The molecule has 5 heteroatoms. The second kappa shape index (κ2) is 8.66. The van der Waals surface area contributed by atoms with Gasteiger partial charge in [0.1, 0.15) is 0 Å². The molecule has 0 heterocycles. The van der Waals surface area contributed by atoms with Crippen LogP contribution in [-0.2, 0) is 4.74 Å². The Balaban J connectivity index is 2.18. The van der Waals surface area contributed by atoms with Crippen molar-refractivity contribution in [1.82, 2.24) is 5.32 Å². The zero-order chi connectivity index (χ0) is 12.5. The van der Waals surface area contributed by atoms with Crippen LogP contribution in [0.5, 0.6) is 0 Å². The Morgan fingerprint density at radius 1 is 1.35 bits per heavy atom. The van der Waals surface area contributed by atoms with Crippen LogP contribution >= 0.6 is 34.8 Å². The van der Waals surface area contributed by atoms with Crippen LogP contribution in [0.15, 0.2) is 24.3 Å². The highest BCUT2D eigenvalue weighted by molar-refractivity contribution is 14.1. The Morgan fingerprint density at radius 2 is 2.06 bits per heavy atom. The van der Waals surface area contributed by atoms with Crippen molar-refractivity contribution in [2.45, 2.75) is 13.3 Å². The molecule has 0 bridgehead atoms. The number of thiocarbonyl (C=S) groups is 1. The molecule has 0 fully saturated rings. The van der Waals surface area contributed by atoms with Crippen molar-refractivity contribution in [3.63, 3.8) is 0 Å². The molecule has 0 saturated heterocycles. The quantitative estimate of drug-likeness (QED) is 0.462. The predicted octanol–water partition coefficient (Wildman–Crippen LogP) is 3.00. The van der Waals surface area contributed by atoms with E-state index in [2.05, 4.69) is 33.2 Å². The van der Waals surface area contributed by atoms with Gasteiger partial charge in [0.2, 0.25) is 0 Å². The van der Waals surface area contributed by atoms with Crippen LogP contribution in [0.4, 0.5) is 5.69 Å². The minimum atomic E-state index is 0.655. The number of benzene rings is 1. The highest BCUT2D eigenvalue weighted by atomic mass is 127. The van der Waals surface area contributed by atoms with Gasteiger partial charge in [0.25, 0.3) is 0 Å². The number of halogens is 1. The van der Waals surface area contributed by atoms with Gasteiger partial charge >= 0.3 is 0 Å². The van der Waals surface area contributed by atoms with E-state index in [0.29, 0.717) is 5.11 Å². The fourth-order valence-corrected chi connectivity index (χ4v) is 1.81. The maximum Gasteiger partial charge on any atom is 0.170 e. The van der Waals surface area contributed by atoms with Gasteiger partial charge in [-0.05, 0) is 72.4 Å². The summed E-state index contributed by atoms with van der Waals surface area (Å²) >= 11 is 7.46. The number of rotatable bonds is 6. The number of anilines is 1. The molecule has 2 N–H and O–H groups in total. The molecule has 1 rings (SSSR count). The van der Waals surface area contributed by atoms with E-state index >= 15 is 0 Å². The van der Waals surface area contributed by atoms with Gasteiger partial charge in [-0.15, -0.1) is 0 Å². The molecule has 0 saturated carbocycles. The van der Waals surface area contributed by atoms with Gasteiger partial charge < -0.3 is 15.4 Å². The monoisotopic (exact) mass is 364 g/mol.